The van der Waals surface area contributed by atoms with E-state index in [1.54, 1.807) is 21.3 Å². The van der Waals surface area contributed by atoms with Crippen molar-refractivity contribution in [2.24, 2.45) is 0 Å². The highest BCUT2D eigenvalue weighted by atomic mass is 16.5. The van der Waals surface area contributed by atoms with Crippen molar-refractivity contribution in [2.75, 3.05) is 27.9 Å². The quantitative estimate of drug-likeness (QED) is 0.671. The van der Waals surface area contributed by atoms with Gasteiger partial charge in [0.2, 0.25) is 0 Å². The van der Waals surface area contributed by atoms with Crippen LogP contribution in [0.5, 0.6) is 17.2 Å². The molecule has 1 fully saturated rings. The lowest BCUT2D eigenvalue weighted by molar-refractivity contribution is 0.356. The van der Waals surface area contributed by atoms with Crippen molar-refractivity contribution in [3.63, 3.8) is 0 Å². The number of nitrogens with zero attached hydrogens (tertiary/aromatic N) is 1. The van der Waals surface area contributed by atoms with Gasteiger partial charge in [-0.3, -0.25) is 0 Å². The Labute approximate surface area is 158 Å². The fraction of sp³-hybridized carbons (Fsp3) is 0.304. The zero-order valence-corrected chi connectivity index (χ0v) is 15.9. The minimum atomic E-state index is 0.500. The standard InChI is InChI=1S/C23H23NO3/c1-25-15-6-7-16-17-9-14-5-4-8-24(14)13-21(17)20-12-23(27-3)22(26-2)11-19(20)18(16)10-15/h6-7,9-14H,4-5,8H2,1-3H3. The number of rotatable bonds is 3. The van der Waals surface area contributed by atoms with Crippen LogP contribution in [0.15, 0.2) is 30.3 Å². The van der Waals surface area contributed by atoms with E-state index in [9.17, 15) is 0 Å². The highest BCUT2D eigenvalue weighted by Gasteiger charge is 2.23. The van der Waals surface area contributed by atoms with Gasteiger partial charge >= 0.3 is 0 Å². The van der Waals surface area contributed by atoms with Gasteiger partial charge in [0.1, 0.15) is 5.75 Å². The first-order chi connectivity index (χ1) is 13.2. The van der Waals surface area contributed by atoms with Crippen LogP contribution in [0.4, 0.5) is 0 Å². The molecule has 27 heavy (non-hydrogen) atoms. The van der Waals surface area contributed by atoms with E-state index in [1.165, 1.54) is 39.4 Å². The molecule has 1 saturated heterocycles. The molecule has 4 nitrogen and oxygen atoms in total. The molecule has 0 N–H and O–H groups in total. The molecule has 0 radical (unpaired) electrons. The summed E-state index contributed by atoms with van der Waals surface area (Å²) in [5, 5.41) is 7.36. The number of hydrogen-bond acceptors (Lipinski definition) is 4. The van der Waals surface area contributed by atoms with Crippen LogP contribution in [0.2, 0.25) is 0 Å². The van der Waals surface area contributed by atoms with E-state index in [0.29, 0.717) is 6.04 Å². The Kier molecular flexibility index (Phi) is 3.67. The highest BCUT2D eigenvalue weighted by molar-refractivity contribution is 6.10. The van der Waals surface area contributed by atoms with Crippen LogP contribution < -0.4 is 24.6 Å². The summed E-state index contributed by atoms with van der Waals surface area (Å²) in [5.74, 6) is 2.36. The summed E-state index contributed by atoms with van der Waals surface area (Å²) in [4.78, 5) is 2.47. The normalized spacial score (nSPS) is 17.9. The van der Waals surface area contributed by atoms with Gasteiger partial charge < -0.3 is 19.1 Å². The summed E-state index contributed by atoms with van der Waals surface area (Å²) in [6.07, 6.45) is 7.24. The van der Waals surface area contributed by atoms with Crippen LogP contribution in [-0.4, -0.2) is 38.8 Å². The smallest absolute Gasteiger partial charge is 0.161 e. The summed E-state index contributed by atoms with van der Waals surface area (Å²) in [5.41, 5.74) is 0. The van der Waals surface area contributed by atoms with E-state index >= 15 is 0 Å². The summed E-state index contributed by atoms with van der Waals surface area (Å²) in [6.45, 7) is 1.12. The fourth-order valence-electron chi connectivity index (χ4n) is 4.55. The van der Waals surface area contributed by atoms with Gasteiger partial charge in [-0.15, -0.1) is 0 Å². The largest absolute Gasteiger partial charge is 0.497 e. The molecule has 3 aromatic carbocycles. The lowest BCUT2D eigenvalue weighted by Crippen LogP contribution is -2.39. The van der Waals surface area contributed by atoms with E-state index < -0.39 is 0 Å². The second-order valence-corrected chi connectivity index (χ2v) is 7.23. The molecule has 5 rings (SSSR count). The Bertz CT molecular complexity index is 1180. The van der Waals surface area contributed by atoms with Crippen LogP contribution >= 0.6 is 0 Å². The predicted molar refractivity (Wildman–Crippen MR) is 109 cm³/mol. The maximum absolute atomic E-state index is 5.59. The van der Waals surface area contributed by atoms with E-state index in [2.05, 4.69) is 41.4 Å². The molecule has 0 aromatic heterocycles. The molecule has 0 bridgehead atoms. The molecule has 2 aliphatic rings. The van der Waals surface area contributed by atoms with Gasteiger partial charge in [0.05, 0.1) is 21.3 Å². The highest BCUT2D eigenvalue weighted by Crippen LogP contribution is 2.35. The lowest BCUT2D eigenvalue weighted by Gasteiger charge is -2.24. The average molecular weight is 361 g/mol. The van der Waals surface area contributed by atoms with Crippen molar-refractivity contribution in [1.82, 2.24) is 4.90 Å². The zero-order chi connectivity index (χ0) is 18.5. The van der Waals surface area contributed by atoms with E-state index in [0.717, 1.165) is 29.2 Å². The number of hydrogen-bond donors (Lipinski definition) is 0. The number of benzene rings is 3. The van der Waals surface area contributed by atoms with E-state index in [-0.39, 0.29) is 0 Å². The van der Waals surface area contributed by atoms with Gasteiger partial charge in [0.25, 0.3) is 0 Å². The minimum absolute atomic E-state index is 0.500. The summed E-state index contributed by atoms with van der Waals surface area (Å²) < 4.78 is 16.7. The molecule has 0 spiro atoms. The Morgan fingerprint density at radius 2 is 1.56 bits per heavy atom. The lowest BCUT2D eigenvalue weighted by atomic mass is 9.94. The van der Waals surface area contributed by atoms with E-state index in [4.69, 9.17) is 14.2 Å². The van der Waals surface area contributed by atoms with Crippen molar-refractivity contribution in [3.8, 4) is 17.2 Å². The second kappa shape index (κ2) is 6.08. The Morgan fingerprint density at radius 3 is 2.30 bits per heavy atom. The van der Waals surface area contributed by atoms with E-state index in [1.807, 2.05) is 6.07 Å². The van der Waals surface area contributed by atoms with Crippen LogP contribution in [0.25, 0.3) is 33.8 Å². The SMILES string of the molecule is COc1ccc2c3c(c4cc(OC)c(OC)cc4c2c1)=CN1CCCC1C=3. The van der Waals surface area contributed by atoms with Crippen LogP contribution in [0.3, 0.4) is 0 Å². The Hall–Kier alpha value is -2.88. The number of methoxy groups -OCH3 is 3. The zero-order valence-electron chi connectivity index (χ0n) is 15.9. The first-order valence-electron chi connectivity index (χ1n) is 9.38. The topological polar surface area (TPSA) is 30.9 Å². The van der Waals surface area contributed by atoms with Gasteiger partial charge in [-0.2, -0.15) is 0 Å². The number of fused-ring (bicyclic) bond motifs is 7. The Morgan fingerprint density at radius 1 is 0.815 bits per heavy atom. The average Bonchev–Trinajstić information content (AvgIpc) is 3.18. The third kappa shape index (κ3) is 2.36. The maximum Gasteiger partial charge on any atom is 0.161 e. The molecule has 0 aliphatic carbocycles. The van der Waals surface area contributed by atoms with Crippen LogP contribution in [0, 0.1) is 0 Å². The first-order valence-corrected chi connectivity index (χ1v) is 9.38. The molecular weight excluding hydrogens is 338 g/mol. The molecule has 2 aliphatic heterocycles. The molecule has 3 aromatic rings. The third-order valence-corrected chi connectivity index (χ3v) is 5.91. The fourth-order valence-corrected chi connectivity index (χ4v) is 4.55. The summed E-state index contributed by atoms with van der Waals surface area (Å²) >= 11 is 0. The maximum atomic E-state index is 5.59. The Balaban J connectivity index is 2.00. The predicted octanol–water partition coefficient (Wildman–Crippen LogP) is 3.02. The molecule has 2 heterocycles. The molecule has 1 atom stereocenters. The van der Waals surface area contributed by atoms with Crippen molar-refractivity contribution in [1.29, 1.82) is 0 Å². The van der Waals surface area contributed by atoms with Crippen molar-refractivity contribution in [2.45, 2.75) is 18.9 Å². The minimum Gasteiger partial charge on any atom is -0.497 e. The second-order valence-electron chi connectivity index (χ2n) is 7.23. The van der Waals surface area contributed by atoms with Crippen molar-refractivity contribution in [3.05, 3.63) is 40.8 Å². The van der Waals surface area contributed by atoms with Crippen LogP contribution in [-0.2, 0) is 0 Å². The first kappa shape index (κ1) is 16.3. The van der Waals surface area contributed by atoms with Crippen molar-refractivity contribution >= 4 is 33.8 Å². The van der Waals surface area contributed by atoms with Gasteiger partial charge in [0, 0.05) is 24.0 Å². The monoisotopic (exact) mass is 361 g/mol. The number of ether oxygens (including phenoxy) is 3. The molecule has 1 unspecified atom stereocenters. The summed E-state index contributed by atoms with van der Waals surface area (Å²) in [6, 6.07) is 11.0. The van der Waals surface area contributed by atoms with Crippen LogP contribution in [0.1, 0.15) is 12.8 Å². The molecule has 4 heteroatoms. The van der Waals surface area contributed by atoms with Gasteiger partial charge in [0.15, 0.2) is 11.5 Å². The van der Waals surface area contributed by atoms with Gasteiger partial charge in [-0.1, -0.05) is 12.1 Å². The molecular formula is C23H23NO3. The van der Waals surface area contributed by atoms with Crippen molar-refractivity contribution < 1.29 is 14.2 Å². The summed E-state index contributed by atoms with van der Waals surface area (Å²) in [7, 11) is 5.08. The molecule has 0 saturated carbocycles. The molecule has 138 valence electrons. The van der Waals surface area contributed by atoms with Gasteiger partial charge in [-0.05, 0) is 63.9 Å². The van der Waals surface area contributed by atoms with Gasteiger partial charge in [-0.25, -0.2) is 0 Å². The molecule has 0 amide bonds. The third-order valence-electron chi connectivity index (χ3n) is 5.91.